The quantitative estimate of drug-likeness (QED) is 0.533. The molecule has 4 aromatic rings. The van der Waals surface area contributed by atoms with Crippen molar-refractivity contribution in [2.45, 2.75) is 41.2 Å². The summed E-state index contributed by atoms with van der Waals surface area (Å²) in [5.74, 6) is 0.303. The second kappa shape index (κ2) is 6.30. The van der Waals surface area contributed by atoms with Crippen molar-refractivity contribution in [2.24, 2.45) is 7.05 Å². The smallest absolute Gasteiger partial charge is 0.298 e. The molecule has 0 saturated carbocycles. The predicted molar refractivity (Wildman–Crippen MR) is 111 cm³/mol. The summed E-state index contributed by atoms with van der Waals surface area (Å²) in [5.41, 5.74) is 4.54. The first-order valence-corrected chi connectivity index (χ1v) is 9.39. The van der Waals surface area contributed by atoms with Gasteiger partial charge in [0.15, 0.2) is 11.2 Å². The minimum Gasteiger partial charge on any atom is -0.298 e. The predicted octanol–water partition coefficient (Wildman–Crippen LogP) is 1.96. The van der Waals surface area contributed by atoms with Gasteiger partial charge in [-0.15, -0.1) is 0 Å². The highest BCUT2D eigenvalue weighted by Gasteiger charge is 2.23. The SMILES string of the molecule is CC(=O)Cn1c(=O)c2c(nc3n(-c4cc(C)cc(C)c4)c(C)c(C)n23)n(C)c1=O. The van der Waals surface area contributed by atoms with Crippen LogP contribution in [0.25, 0.3) is 22.6 Å². The summed E-state index contributed by atoms with van der Waals surface area (Å²) in [7, 11) is 1.57. The molecule has 3 aromatic heterocycles. The highest BCUT2D eigenvalue weighted by Crippen LogP contribution is 2.25. The van der Waals surface area contributed by atoms with Gasteiger partial charge >= 0.3 is 5.69 Å². The number of Topliss-reactive ketones (excluding diaryl/α,β-unsaturated/α-hetero) is 1. The Morgan fingerprint density at radius 2 is 1.62 bits per heavy atom. The summed E-state index contributed by atoms with van der Waals surface area (Å²) in [4.78, 5) is 42.1. The van der Waals surface area contributed by atoms with E-state index in [0.29, 0.717) is 16.9 Å². The van der Waals surface area contributed by atoms with E-state index in [2.05, 4.69) is 23.2 Å². The average molecular weight is 393 g/mol. The number of aromatic nitrogens is 5. The topological polar surface area (TPSA) is 83.3 Å². The molecule has 0 amide bonds. The van der Waals surface area contributed by atoms with E-state index in [1.807, 2.05) is 32.3 Å². The van der Waals surface area contributed by atoms with E-state index in [0.717, 1.165) is 32.8 Å². The number of fused-ring (bicyclic) bond motifs is 3. The van der Waals surface area contributed by atoms with Gasteiger partial charge < -0.3 is 0 Å². The van der Waals surface area contributed by atoms with Gasteiger partial charge in [-0.05, 0) is 57.9 Å². The van der Waals surface area contributed by atoms with Gasteiger partial charge in [0, 0.05) is 24.1 Å². The molecular formula is C21H23N5O3. The summed E-state index contributed by atoms with van der Waals surface area (Å²) < 4.78 is 6.07. The summed E-state index contributed by atoms with van der Waals surface area (Å²) in [6.07, 6.45) is 0. The maximum absolute atomic E-state index is 13.2. The van der Waals surface area contributed by atoms with E-state index in [9.17, 15) is 14.4 Å². The Hall–Kier alpha value is -3.42. The number of rotatable bonds is 3. The first-order valence-electron chi connectivity index (χ1n) is 9.39. The Balaban J connectivity index is 2.20. The molecular weight excluding hydrogens is 370 g/mol. The average Bonchev–Trinajstić information content (AvgIpc) is 3.12. The van der Waals surface area contributed by atoms with Crippen LogP contribution in [0, 0.1) is 27.7 Å². The van der Waals surface area contributed by atoms with Crippen LogP contribution in [0.4, 0.5) is 0 Å². The van der Waals surface area contributed by atoms with Gasteiger partial charge in [0.1, 0.15) is 5.78 Å². The molecule has 0 aliphatic rings. The van der Waals surface area contributed by atoms with E-state index < -0.39 is 11.2 Å². The highest BCUT2D eigenvalue weighted by molar-refractivity contribution is 5.79. The first-order chi connectivity index (χ1) is 13.6. The Bertz CT molecular complexity index is 1430. The van der Waals surface area contributed by atoms with Crippen molar-refractivity contribution in [3.8, 4) is 5.69 Å². The Labute approximate surface area is 166 Å². The van der Waals surface area contributed by atoms with Gasteiger partial charge in [0.2, 0.25) is 5.78 Å². The molecule has 1 aromatic carbocycles. The molecule has 0 atom stereocenters. The van der Waals surface area contributed by atoms with Gasteiger partial charge in [-0.2, -0.15) is 4.98 Å². The fourth-order valence-electron chi connectivity index (χ4n) is 4.00. The minimum absolute atomic E-state index is 0.259. The van der Waals surface area contributed by atoms with Gasteiger partial charge in [0.25, 0.3) is 5.56 Å². The van der Waals surface area contributed by atoms with E-state index in [1.165, 1.54) is 11.5 Å². The monoisotopic (exact) mass is 393 g/mol. The number of hydrogen-bond donors (Lipinski definition) is 0. The Kier molecular flexibility index (Phi) is 4.11. The zero-order valence-electron chi connectivity index (χ0n) is 17.4. The summed E-state index contributed by atoms with van der Waals surface area (Å²) in [6.45, 7) is 9.06. The molecule has 0 aliphatic heterocycles. The summed E-state index contributed by atoms with van der Waals surface area (Å²) in [6, 6.07) is 6.22. The lowest BCUT2D eigenvalue weighted by Gasteiger charge is -2.09. The van der Waals surface area contributed by atoms with Crippen LogP contribution in [-0.2, 0) is 18.4 Å². The molecule has 0 bridgehead atoms. The van der Waals surface area contributed by atoms with Crippen molar-refractivity contribution in [1.82, 2.24) is 23.1 Å². The second-order valence-electron chi connectivity index (χ2n) is 7.71. The van der Waals surface area contributed by atoms with Crippen LogP contribution in [0.5, 0.6) is 0 Å². The number of imidazole rings is 2. The number of aryl methyl sites for hydroxylation is 4. The molecule has 0 radical (unpaired) electrons. The molecule has 4 rings (SSSR count). The molecule has 0 aliphatic carbocycles. The first kappa shape index (κ1) is 18.9. The normalized spacial score (nSPS) is 11.7. The van der Waals surface area contributed by atoms with E-state index in [4.69, 9.17) is 0 Å². The number of carbonyl (C=O) groups excluding carboxylic acids is 1. The molecule has 29 heavy (non-hydrogen) atoms. The molecule has 8 heteroatoms. The Morgan fingerprint density at radius 1 is 1.00 bits per heavy atom. The van der Waals surface area contributed by atoms with Crippen molar-refractivity contribution in [3.05, 3.63) is 61.6 Å². The maximum Gasteiger partial charge on any atom is 0.332 e. The zero-order chi connectivity index (χ0) is 21.2. The van der Waals surface area contributed by atoms with Gasteiger partial charge in [-0.1, -0.05) is 6.07 Å². The molecule has 0 N–H and O–H groups in total. The van der Waals surface area contributed by atoms with Gasteiger partial charge in [0.05, 0.1) is 6.54 Å². The van der Waals surface area contributed by atoms with E-state index in [1.54, 1.807) is 11.4 Å². The standard InChI is InChI=1S/C21H23N5O3/c1-11-7-12(2)9-16(8-11)25-14(4)15(5)26-17-18(22-20(25)26)23(6)21(29)24(19(17)28)10-13(3)27/h7-9H,10H2,1-6H3. The van der Waals surface area contributed by atoms with Crippen molar-refractivity contribution in [3.63, 3.8) is 0 Å². The highest BCUT2D eigenvalue weighted by atomic mass is 16.2. The fourth-order valence-corrected chi connectivity index (χ4v) is 4.00. The molecule has 0 spiro atoms. The largest absolute Gasteiger partial charge is 0.332 e. The van der Waals surface area contributed by atoms with Crippen molar-refractivity contribution < 1.29 is 4.79 Å². The third kappa shape index (κ3) is 2.66. The third-order valence-electron chi connectivity index (χ3n) is 5.36. The van der Waals surface area contributed by atoms with Crippen LogP contribution < -0.4 is 11.2 Å². The van der Waals surface area contributed by atoms with Crippen LogP contribution in [0.3, 0.4) is 0 Å². The lowest BCUT2D eigenvalue weighted by Crippen LogP contribution is -2.40. The molecule has 0 fully saturated rings. The Morgan fingerprint density at radius 3 is 2.21 bits per heavy atom. The number of ketones is 1. The number of carbonyl (C=O) groups is 1. The lowest BCUT2D eigenvalue weighted by molar-refractivity contribution is -0.117. The lowest BCUT2D eigenvalue weighted by atomic mass is 10.1. The molecule has 8 nitrogen and oxygen atoms in total. The van der Waals surface area contributed by atoms with E-state index in [-0.39, 0.29) is 12.3 Å². The number of hydrogen-bond acceptors (Lipinski definition) is 4. The maximum atomic E-state index is 13.2. The van der Waals surface area contributed by atoms with Crippen LogP contribution in [0.1, 0.15) is 29.4 Å². The van der Waals surface area contributed by atoms with E-state index >= 15 is 0 Å². The van der Waals surface area contributed by atoms with Crippen LogP contribution in [0.15, 0.2) is 27.8 Å². The van der Waals surface area contributed by atoms with Crippen LogP contribution in [-0.4, -0.2) is 28.9 Å². The van der Waals surface area contributed by atoms with Gasteiger partial charge in [-0.25, -0.2) is 4.79 Å². The molecule has 3 heterocycles. The summed E-state index contributed by atoms with van der Waals surface area (Å²) >= 11 is 0. The molecule has 0 saturated heterocycles. The zero-order valence-corrected chi connectivity index (χ0v) is 17.4. The van der Waals surface area contributed by atoms with Crippen LogP contribution >= 0.6 is 0 Å². The van der Waals surface area contributed by atoms with Crippen molar-refractivity contribution in [2.75, 3.05) is 0 Å². The molecule has 0 unspecified atom stereocenters. The van der Waals surface area contributed by atoms with Crippen LogP contribution in [0.2, 0.25) is 0 Å². The summed E-state index contributed by atoms with van der Waals surface area (Å²) in [5, 5.41) is 0. The second-order valence-corrected chi connectivity index (χ2v) is 7.71. The number of nitrogens with zero attached hydrogens (tertiary/aromatic N) is 5. The third-order valence-corrected chi connectivity index (χ3v) is 5.36. The number of benzene rings is 1. The van der Waals surface area contributed by atoms with Crippen molar-refractivity contribution in [1.29, 1.82) is 0 Å². The van der Waals surface area contributed by atoms with Crippen molar-refractivity contribution >= 4 is 22.7 Å². The van der Waals surface area contributed by atoms with Gasteiger partial charge in [-0.3, -0.25) is 27.7 Å². The fraction of sp³-hybridized carbons (Fsp3) is 0.333. The minimum atomic E-state index is -0.550. The molecule has 150 valence electrons.